The molecule has 0 aliphatic rings. The van der Waals surface area contributed by atoms with Gasteiger partial charge >= 0.3 is 23.9 Å². The number of ether oxygens (including phenoxy) is 1. The van der Waals surface area contributed by atoms with Crippen LogP contribution >= 0.6 is 15.9 Å². The third kappa shape index (κ3) is 2.74. The number of alkyl halides is 9. The fourth-order valence-electron chi connectivity index (χ4n) is 1.47. The van der Waals surface area contributed by atoms with Crippen LogP contribution in [0.3, 0.4) is 0 Å². The Bertz CT molecular complexity index is 553. The SMILES string of the molecule is COc1ccc(Br)cc1C(F)(F)C(F)(F)C(F)(F)C(F)(F)F. The van der Waals surface area contributed by atoms with Crippen LogP contribution in [-0.4, -0.2) is 25.1 Å². The zero-order valence-electron chi connectivity index (χ0n) is 10.4. The molecule has 0 saturated heterocycles. The summed E-state index contributed by atoms with van der Waals surface area (Å²) in [4.78, 5) is 0. The lowest BCUT2D eigenvalue weighted by molar-refractivity contribution is -0.399. The molecule has 0 bridgehead atoms. The van der Waals surface area contributed by atoms with Crippen LogP contribution in [0, 0.1) is 0 Å². The molecule has 0 N–H and O–H groups in total. The van der Waals surface area contributed by atoms with E-state index in [-0.39, 0.29) is 10.5 Å². The maximum atomic E-state index is 13.8. The Morgan fingerprint density at radius 1 is 0.864 bits per heavy atom. The van der Waals surface area contributed by atoms with Gasteiger partial charge < -0.3 is 4.74 Å². The van der Waals surface area contributed by atoms with Crippen molar-refractivity contribution in [1.29, 1.82) is 0 Å². The van der Waals surface area contributed by atoms with E-state index in [1.54, 1.807) is 0 Å². The van der Waals surface area contributed by atoms with Gasteiger partial charge in [-0.1, -0.05) is 15.9 Å². The highest BCUT2D eigenvalue weighted by atomic mass is 79.9. The van der Waals surface area contributed by atoms with E-state index in [9.17, 15) is 39.5 Å². The number of methoxy groups -OCH3 is 1. The Morgan fingerprint density at radius 3 is 1.77 bits per heavy atom. The predicted molar refractivity (Wildman–Crippen MR) is 60.5 cm³/mol. The molecule has 0 fully saturated rings. The third-order valence-electron chi connectivity index (χ3n) is 2.64. The van der Waals surface area contributed by atoms with Crippen LogP contribution in [0.15, 0.2) is 22.7 Å². The molecular formula is C11H6BrF9O. The Morgan fingerprint density at radius 2 is 1.36 bits per heavy atom. The van der Waals surface area contributed by atoms with Gasteiger partial charge in [0.1, 0.15) is 5.75 Å². The van der Waals surface area contributed by atoms with Gasteiger partial charge in [-0.3, -0.25) is 0 Å². The smallest absolute Gasteiger partial charge is 0.460 e. The largest absolute Gasteiger partial charge is 0.496 e. The third-order valence-corrected chi connectivity index (χ3v) is 3.14. The molecule has 0 radical (unpaired) electrons. The number of halogens is 10. The van der Waals surface area contributed by atoms with Gasteiger partial charge in [-0.2, -0.15) is 39.5 Å². The van der Waals surface area contributed by atoms with E-state index in [4.69, 9.17) is 0 Å². The molecule has 0 heterocycles. The molecule has 22 heavy (non-hydrogen) atoms. The van der Waals surface area contributed by atoms with Gasteiger partial charge in [0.05, 0.1) is 12.7 Å². The number of hydrogen-bond acceptors (Lipinski definition) is 1. The van der Waals surface area contributed by atoms with Gasteiger partial charge in [0.25, 0.3) is 0 Å². The molecule has 126 valence electrons. The Kier molecular flexibility index (Phi) is 4.73. The summed E-state index contributed by atoms with van der Waals surface area (Å²) in [6.45, 7) is 0. The molecule has 1 aromatic rings. The van der Waals surface area contributed by atoms with Crippen LogP contribution in [0.5, 0.6) is 5.75 Å². The molecule has 0 unspecified atom stereocenters. The predicted octanol–water partition coefficient (Wildman–Crippen LogP) is 5.38. The molecule has 0 aliphatic heterocycles. The summed E-state index contributed by atoms with van der Waals surface area (Å²) in [6, 6.07) is 2.05. The van der Waals surface area contributed by atoms with E-state index in [0.717, 1.165) is 19.2 Å². The molecule has 1 aromatic carbocycles. The fourth-order valence-corrected chi connectivity index (χ4v) is 1.83. The molecule has 1 rings (SSSR count). The van der Waals surface area contributed by atoms with Crippen LogP contribution in [0.25, 0.3) is 0 Å². The second-order valence-corrected chi connectivity index (χ2v) is 4.98. The summed E-state index contributed by atoms with van der Waals surface area (Å²) < 4.78 is 120. The first-order valence-corrected chi connectivity index (χ1v) is 6.03. The minimum Gasteiger partial charge on any atom is -0.496 e. The van der Waals surface area contributed by atoms with E-state index >= 15 is 0 Å². The summed E-state index contributed by atoms with van der Waals surface area (Å²) >= 11 is 2.63. The molecule has 0 spiro atoms. The van der Waals surface area contributed by atoms with Crippen molar-refractivity contribution in [2.24, 2.45) is 0 Å². The standard InChI is InChI=1S/C11H6BrF9O/c1-22-7-3-2-5(12)4-6(7)8(13,14)9(15,16)10(17,18)11(19,20)21/h2-4H,1H3. The van der Waals surface area contributed by atoms with Gasteiger partial charge in [-0.25, -0.2) is 0 Å². The number of hydrogen-bond donors (Lipinski definition) is 0. The zero-order chi connectivity index (χ0) is 17.6. The van der Waals surface area contributed by atoms with Crippen LogP contribution in [0.4, 0.5) is 39.5 Å². The molecule has 0 atom stereocenters. The molecule has 1 nitrogen and oxygen atoms in total. The van der Waals surface area contributed by atoms with Gasteiger partial charge in [0.15, 0.2) is 0 Å². The lowest BCUT2D eigenvalue weighted by Crippen LogP contribution is -2.59. The topological polar surface area (TPSA) is 9.23 Å². The van der Waals surface area contributed by atoms with E-state index in [1.807, 2.05) is 0 Å². The zero-order valence-corrected chi connectivity index (χ0v) is 12.0. The summed E-state index contributed by atoms with van der Waals surface area (Å²) in [5, 5.41) is 0. The number of benzene rings is 1. The summed E-state index contributed by atoms with van der Waals surface area (Å²) in [6.07, 6.45) is -6.86. The lowest BCUT2D eigenvalue weighted by atomic mass is 9.96. The molecule has 0 saturated carbocycles. The highest BCUT2D eigenvalue weighted by Crippen LogP contribution is 2.57. The minimum atomic E-state index is -6.95. The average Bonchev–Trinajstić information content (AvgIpc) is 2.36. The molecule has 0 amide bonds. The van der Waals surface area contributed by atoms with Crippen molar-refractivity contribution in [3.05, 3.63) is 28.2 Å². The van der Waals surface area contributed by atoms with Crippen molar-refractivity contribution < 1.29 is 44.3 Å². The van der Waals surface area contributed by atoms with Crippen LogP contribution in [0.2, 0.25) is 0 Å². The van der Waals surface area contributed by atoms with Crippen molar-refractivity contribution in [1.82, 2.24) is 0 Å². The Labute approximate surface area is 126 Å². The van der Waals surface area contributed by atoms with Gasteiger partial charge in [0.2, 0.25) is 0 Å². The lowest BCUT2D eigenvalue weighted by Gasteiger charge is -2.34. The van der Waals surface area contributed by atoms with E-state index in [1.165, 1.54) is 0 Å². The highest BCUT2D eigenvalue weighted by molar-refractivity contribution is 9.10. The first-order chi connectivity index (χ1) is 9.70. The highest BCUT2D eigenvalue weighted by Gasteiger charge is 2.82. The summed E-state index contributed by atoms with van der Waals surface area (Å²) in [5.74, 6) is -20.5. The average molecular weight is 405 g/mol. The van der Waals surface area contributed by atoms with Gasteiger partial charge in [0, 0.05) is 4.47 Å². The van der Waals surface area contributed by atoms with Crippen molar-refractivity contribution in [2.75, 3.05) is 7.11 Å². The van der Waals surface area contributed by atoms with E-state index < -0.39 is 35.3 Å². The molecule has 0 aliphatic carbocycles. The van der Waals surface area contributed by atoms with Gasteiger partial charge in [-0.05, 0) is 18.2 Å². The monoisotopic (exact) mass is 404 g/mol. The maximum absolute atomic E-state index is 13.8. The normalized spacial score (nSPS) is 14.1. The quantitative estimate of drug-likeness (QED) is 0.612. The second-order valence-electron chi connectivity index (χ2n) is 4.07. The first-order valence-electron chi connectivity index (χ1n) is 5.24. The fraction of sp³-hybridized carbons (Fsp3) is 0.455. The van der Waals surface area contributed by atoms with Crippen molar-refractivity contribution >= 4 is 15.9 Å². The van der Waals surface area contributed by atoms with Crippen LogP contribution in [0.1, 0.15) is 5.56 Å². The van der Waals surface area contributed by atoms with Crippen LogP contribution < -0.4 is 4.74 Å². The number of rotatable bonds is 4. The summed E-state index contributed by atoms with van der Waals surface area (Å²) in [5.41, 5.74) is -1.81. The summed E-state index contributed by atoms with van der Waals surface area (Å²) in [7, 11) is 0.767. The van der Waals surface area contributed by atoms with E-state index in [0.29, 0.717) is 0 Å². The van der Waals surface area contributed by atoms with Crippen molar-refractivity contribution in [2.45, 2.75) is 23.9 Å². The van der Waals surface area contributed by atoms with Crippen LogP contribution in [-0.2, 0) is 5.92 Å². The van der Waals surface area contributed by atoms with E-state index in [2.05, 4.69) is 20.7 Å². The maximum Gasteiger partial charge on any atom is 0.460 e. The van der Waals surface area contributed by atoms with Gasteiger partial charge in [-0.15, -0.1) is 0 Å². The molecule has 0 aromatic heterocycles. The van der Waals surface area contributed by atoms with Crippen molar-refractivity contribution in [3.8, 4) is 5.75 Å². The second kappa shape index (κ2) is 5.50. The molecule has 11 heteroatoms. The molecular weight excluding hydrogens is 399 g/mol. The van der Waals surface area contributed by atoms with Crippen molar-refractivity contribution in [3.63, 3.8) is 0 Å². The Balaban J connectivity index is 3.55. The first kappa shape index (κ1) is 18.9. The Hall–Kier alpha value is -1.13. The minimum absolute atomic E-state index is 0.242.